The summed E-state index contributed by atoms with van der Waals surface area (Å²) in [7, 11) is 3.55. The summed E-state index contributed by atoms with van der Waals surface area (Å²) < 4.78 is 15.7. The van der Waals surface area contributed by atoms with Crippen LogP contribution in [0.2, 0.25) is 0 Å². The fourth-order valence-electron chi connectivity index (χ4n) is 2.77. The molecule has 0 radical (unpaired) electrons. The Bertz CT molecular complexity index is 683. The smallest absolute Gasteiger partial charge is 0.323 e. The quantitative estimate of drug-likeness (QED) is 0.778. The molecule has 1 fully saturated rings. The van der Waals surface area contributed by atoms with Gasteiger partial charge in [0.1, 0.15) is 11.8 Å². The van der Waals surface area contributed by atoms with E-state index in [2.05, 4.69) is 10.1 Å². The third-order valence-electron chi connectivity index (χ3n) is 4.19. The summed E-state index contributed by atoms with van der Waals surface area (Å²) in [6.07, 6.45) is 3.00. The van der Waals surface area contributed by atoms with Gasteiger partial charge in [0.25, 0.3) is 5.89 Å². The average molecular weight is 331 g/mol. The molecule has 1 atom stereocenters. The Kier molecular flexibility index (Phi) is 5.10. The van der Waals surface area contributed by atoms with Crippen molar-refractivity contribution in [1.29, 1.82) is 0 Å². The zero-order chi connectivity index (χ0) is 16.9. The number of rotatable bonds is 5. The van der Waals surface area contributed by atoms with Crippen molar-refractivity contribution in [2.45, 2.75) is 31.9 Å². The molecule has 1 aliphatic heterocycles. The van der Waals surface area contributed by atoms with Crippen molar-refractivity contribution in [3.8, 4) is 17.2 Å². The first-order valence-corrected chi connectivity index (χ1v) is 8.01. The minimum Gasteiger partial charge on any atom is -0.497 e. The predicted octanol–water partition coefficient (Wildman–Crippen LogP) is 2.27. The molecule has 3 rings (SSSR count). The van der Waals surface area contributed by atoms with Crippen molar-refractivity contribution in [1.82, 2.24) is 15.0 Å². The summed E-state index contributed by atoms with van der Waals surface area (Å²) in [6, 6.07) is 7.13. The molecule has 1 aromatic carbocycles. The number of piperidine rings is 1. The number of carbonyl (C=O) groups is 1. The predicted molar refractivity (Wildman–Crippen MR) is 86.4 cm³/mol. The molecule has 1 saturated heterocycles. The number of methoxy groups -OCH3 is 1. The van der Waals surface area contributed by atoms with Crippen LogP contribution >= 0.6 is 0 Å². The lowest BCUT2D eigenvalue weighted by Gasteiger charge is -2.30. The normalized spacial score (nSPS) is 18.3. The Hall–Kier alpha value is -2.41. The van der Waals surface area contributed by atoms with Crippen LogP contribution in [-0.2, 0) is 16.1 Å². The van der Waals surface area contributed by atoms with Gasteiger partial charge in [-0.05, 0) is 50.7 Å². The third-order valence-corrected chi connectivity index (χ3v) is 4.19. The highest BCUT2D eigenvalue weighted by molar-refractivity contribution is 5.75. The lowest BCUT2D eigenvalue weighted by Crippen LogP contribution is -2.42. The highest BCUT2D eigenvalue weighted by Gasteiger charge is 2.27. The summed E-state index contributed by atoms with van der Waals surface area (Å²) in [4.78, 5) is 18.5. The minimum atomic E-state index is -0.229. The van der Waals surface area contributed by atoms with Crippen molar-refractivity contribution in [2.75, 3.05) is 20.7 Å². The zero-order valence-corrected chi connectivity index (χ0v) is 13.9. The maximum Gasteiger partial charge on any atom is 0.323 e. The van der Waals surface area contributed by atoms with Gasteiger partial charge in [-0.1, -0.05) is 11.6 Å². The summed E-state index contributed by atoms with van der Waals surface area (Å²) in [5, 5.41) is 3.86. The number of hydrogen-bond acceptors (Lipinski definition) is 7. The van der Waals surface area contributed by atoms with Gasteiger partial charge >= 0.3 is 5.97 Å². The molecular weight excluding hydrogens is 310 g/mol. The summed E-state index contributed by atoms with van der Waals surface area (Å²) in [5.41, 5.74) is 0.785. The van der Waals surface area contributed by atoms with Crippen molar-refractivity contribution in [2.24, 2.45) is 0 Å². The molecule has 0 bridgehead atoms. The van der Waals surface area contributed by atoms with Gasteiger partial charge in [0.2, 0.25) is 5.82 Å². The maximum atomic E-state index is 12.2. The number of ether oxygens (including phenoxy) is 2. The second-order valence-electron chi connectivity index (χ2n) is 5.84. The van der Waals surface area contributed by atoms with Gasteiger partial charge in [-0.25, -0.2) is 0 Å². The van der Waals surface area contributed by atoms with E-state index in [1.807, 2.05) is 36.2 Å². The van der Waals surface area contributed by atoms with Gasteiger partial charge in [-0.15, -0.1) is 0 Å². The molecule has 0 saturated carbocycles. The lowest BCUT2D eigenvalue weighted by molar-refractivity contribution is -0.152. The molecule has 24 heavy (non-hydrogen) atoms. The molecule has 0 aliphatic carbocycles. The molecule has 0 unspecified atom stereocenters. The number of aromatic nitrogens is 2. The molecule has 128 valence electrons. The third kappa shape index (κ3) is 3.73. The molecule has 2 aromatic rings. The number of esters is 1. The van der Waals surface area contributed by atoms with Crippen LogP contribution in [0.4, 0.5) is 0 Å². The first-order valence-electron chi connectivity index (χ1n) is 8.01. The van der Waals surface area contributed by atoms with E-state index < -0.39 is 0 Å². The molecule has 0 N–H and O–H groups in total. The van der Waals surface area contributed by atoms with Crippen LogP contribution in [0.25, 0.3) is 11.5 Å². The highest BCUT2D eigenvalue weighted by atomic mass is 16.5. The second kappa shape index (κ2) is 7.44. The van der Waals surface area contributed by atoms with Crippen molar-refractivity contribution in [3.05, 3.63) is 30.1 Å². The molecular formula is C17H21N3O4. The van der Waals surface area contributed by atoms with E-state index in [1.54, 1.807) is 7.11 Å². The van der Waals surface area contributed by atoms with Crippen molar-refractivity contribution in [3.63, 3.8) is 0 Å². The maximum absolute atomic E-state index is 12.2. The van der Waals surface area contributed by atoms with E-state index in [4.69, 9.17) is 14.0 Å². The van der Waals surface area contributed by atoms with Gasteiger partial charge in [0, 0.05) is 5.56 Å². The van der Waals surface area contributed by atoms with Gasteiger partial charge in [0.05, 0.1) is 7.11 Å². The van der Waals surface area contributed by atoms with Crippen LogP contribution in [0, 0.1) is 0 Å². The van der Waals surface area contributed by atoms with E-state index in [-0.39, 0.29) is 18.6 Å². The number of nitrogens with zero attached hydrogens (tertiary/aromatic N) is 3. The van der Waals surface area contributed by atoms with Crippen LogP contribution in [0.15, 0.2) is 28.8 Å². The Morgan fingerprint density at radius 1 is 1.33 bits per heavy atom. The Labute approximate surface area is 140 Å². The van der Waals surface area contributed by atoms with Crippen LogP contribution in [0.1, 0.15) is 25.1 Å². The molecule has 2 heterocycles. The first kappa shape index (κ1) is 16.4. The van der Waals surface area contributed by atoms with Gasteiger partial charge < -0.3 is 14.0 Å². The minimum absolute atomic E-state index is 0.0167. The largest absolute Gasteiger partial charge is 0.497 e. The zero-order valence-electron chi connectivity index (χ0n) is 13.9. The van der Waals surface area contributed by atoms with Crippen LogP contribution in [-0.4, -0.2) is 47.8 Å². The van der Waals surface area contributed by atoms with Crippen molar-refractivity contribution >= 4 is 5.97 Å². The standard InChI is InChI=1S/C17H21N3O4/c1-20-10-4-3-5-14(20)17(21)23-11-15-18-16(24-19-15)12-6-8-13(22-2)9-7-12/h6-9,14H,3-5,10-11H2,1-2H3/t14-/m0/s1. The van der Waals surface area contributed by atoms with E-state index in [9.17, 15) is 4.79 Å². The molecule has 0 spiro atoms. The fraction of sp³-hybridized carbons (Fsp3) is 0.471. The number of likely N-dealkylation sites (tertiary alicyclic amines) is 1. The number of carbonyl (C=O) groups excluding carboxylic acids is 1. The first-order chi connectivity index (χ1) is 11.7. The summed E-state index contributed by atoms with van der Waals surface area (Å²) >= 11 is 0. The van der Waals surface area contributed by atoms with E-state index in [1.165, 1.54) is 0 Å². The van der Waals surface area contributed by atoms with E-state index in [0.29, 0.717) is 11.7 Å². The summed E-state index contributed by atoms with van der Waals surface area (Å²) in [5.74, 6) is 1.27. The van der Waals surface area contributed by atoms with Gasteiger partial charge in [-0.2, -0.15) is 4.98 Å². The Morgan fingerprint density at radius 3 is 2.83 bits per heavy atom. The number of benzene rings is 1. The van der Waals surface area contributed by atoms with Crippen LogP contribution in [0.5, 0.6) is 5.75 Å². The summed E-state index contributed by atoms with van der Waals surface area (Å²) in [6.45, 7) is 0.937. The van der Waals surface area contributed by atoms with E-state index >= 15 is 0 Å². The van der Waals surface area contributed by atoms with Crippen molar-refractivity contribution < 1.29 is 18.8 Å². The second-order valence-corrected chi connectivity index (χ2v) is 5.84. The Balaban J connectivity index is 1.58. The molecule has 1 aliphatic rings. The molecule has 7 nitrogen and oxygen atoms in total. The SMILES string of the molecule is COc1ccc(-c2nc(COC(=O)[C@@H]3CCCCN3C)no2)cc1. The molecule has 0 amide bonds. The number of likely N-dealkylation sites (N-methyl/N-ethyl adjacent to an activating group) is 1. The molecule has 7 heteroatoms. The highest BCUT2D eigenvalue weighted by Crippen LogP contribution is 2.21. The van der Waals surface area contributed by atoms with Crippen LogP contribution < -0.4 is 4.74 Å². The molecule has 1 aromatic heterocycles. The van der Waals surface area contributed by atoms with Crippen LogP contribution in [0.3, 0.4) is 0 Å². The van der Waals surface area contributed by atoms with E-state index in [0.717, 1.165) is 37.1 Å². The lowest BCUT2D eigenvalue weighted by atomic mass is 10.0. The van der Waals surface area contributed by atoms with Gasteiger partial charge in [-0.3, -0.25) is 9.69 Å². The van der Waals surface area contributed by atoms with Gasteiger partial charge in [0.15, 0.2) is 6.61 Å². The monoisotopic (exact) mass is 331 g/mol. The fourth-order valence-corrected chi connectivity index (χ4v) is 2.77. The number of hydrogen-bond donors (Lipinski definition) is 0. The Morgan fingerprint density at radius 2 is 2.12 bits per heavy atom. The topological polar surface area (TPSA) is 77.7 Å². The average Bonchev–Trinajstić information content (AvgIpc) is 3.09.